The molecule has 144 valence electrons. The first kappa shape index (κ1) is 21.3. The number of halogens is 3. The molecule has 2 saturated heterocycles. The molecule has 0 spiro atoms. The molecule has 3 atom stereocenters. The van der Waals surface area contributed by atoms with Crippen molar-refractivity contribution in [1.29, 1.82) is 0 Å². The lowest BCUT2D eigenvalue weighted by atomic mass is 10.1. The Hall–Kier alpha value is -1.01. The molecule has 2 heterocycles. The predicted molar refractivity (Wildman–Crippen MR) is 106 cm³/mol. The van der Waals surface area contributed by atoms with Crippen molar-refractivity contribution in [3.63, 3.8) is 0 Å². The van der Waals surface area contributed by atoms with E-state index < -0.39 is 6.04 Å². The minimum absolute atomic E-state index is 0. The van der Waals surface area contributed by atoms with Crippen LogP contribution in [0.2, 0.25) is 10.0 Å². The zero-order valence-electron chi connectivity index (χ0n) is 14.7. The molecule has 26 heavy (non-hydrogen) atoms. The van der Waals surface area contributed by atoms with Crippen LogP contribution in [0, 0.1) is 5.92 Å². The van der Waals surface area contributed by atoms with Crippen LogP contribution >= 0.6 is 35.6 Å². The highest BCUT2D eigenvalue weighted by molar-refractivity contribution is 6.35. The fraction of sp³-hybridized carbons (Fsp3) is 0.556. The Balaban J connectivity index is 0.00000243. The first-order valence-corrected chi connectivity index (χ1v) is 9.44. The van der Waals surface area contributed by atoms with Crippen LogP contribution in [0.1, 0.15) is 36.5 Å². The van der Waals surface area contributed by atoms with Crippen molar-refractivity contribution in [2.45, 2.75) is 38.3 Å². The molecule has 8 heteroatoms. The number of carbonyl (C=O) groups is 2. The summed E-state index contributed by atoms with van der Waals surface area (Å²) in [6.07, 6.45) is 2.41. The summed E-state index contributed by atoms with van der Waals surface area (Å²) in [5.41, 5.74) is 6.11. The quantitative estimate of drug-likeness (QED) is 0.816. The summed E-state index contributed by atoms with van der Waals surface area (Å²) in [7, 11) is 0. The van der Waals surface area contributed by atoms with Gasteiger partial charge >= 0.3 is 0 Å². The molecule has 2 aliphatic heterocycles. The Morgan fingerprint density at radius 3 is 2.65 bits per heavy atom. The molecule has 3 rings (SSSR count). The molecule has 0 bridgehead atoms. The first-order valence-electron chi connectivity index (χ1n) is 8.69. The third kappa shape index (κ3) is 4.11. The van der Waals surface area contributed by atoms with Crippen molar-refractivity contribution >= 4 is 47.4 Å². The summed E-state index contributed by atoms with van der Waals surface area (Å²) in [6, 6.07) is 4.55. The molecule has 5 nitrogen and oxygen atoms in total. The summed E-state index contributed by atoms with van der Waals surface area (Å²) in [5.74, 6) is 0.130. The van der Waals surface area contributed by atoms with Gasteiger partial charge in [-0.1, -0.05) is 23.2 Å². The summed E-state index contributed by atoms with van der Waals surface area (Å²) < 4.78 is 0. The third-order valence-electron chi connectivity index (χ3n) is 5.24. The van der Waals surface area contributed by atoms with E-state index in [4.69, 9.17) is 28.9 Å². The third-order valence-corrected chi connectivity index (χ3v) is 5.80. The molecule has 0 aromatic heterocycles. The normalized spacial score (nSPS) is 25.3. The Morgan fingerprint density at radius 1 is 1.27 bits per heavy atom. The topological polar surface area (TPSA) is 66.6 Å². The predicted octanol–water partition coefficient (Wildman–Crippen LogP) is 3.22. The highest BCUT2D eigenvalue weighted by atomic mass is 35.5. The van der Waals surface area contributed by atoms with Gasteiger partial charge in [0.05, 0.1) is 10.6 Å². The van der Waals surface area contributed by atoms with Gasteiger partial charge in [0.2, 0.25) is 5.91 Å². The van der Waals surface area contributed by atoms with Crippen LogP contribution in [-0.2, 0) is 4.79 Å². The molecule has 0 saturated carbocycles. The number of nitrogens with zero attached hydrogens (tertiary/aromatic N) is 2. The van der Waals surface area contributed by atoms with Crippen LogP contribution in [0.3, 0.4) is 0 Å². The van der Waals surface area contributed by atoms with Crippen LogP contribution < -0.4 is 5.73 Å². The van der Waals surface area contributed by atoms with Crippen molar-refractivity contribution in [2.24, 2.45) is 11.7 Å². The SMILES string of the molecule is CC1CC(CN)CN1C(=O)C1CCCN1C(=O)c1cc(Cl)ccc1Cl.Cl. The maximum atomic E-state index is 13.0. The fourth-order valence-electron chi connectivity index (χ4n) is 3.89. The molecule has 2 N–H and O–H groups in total. The van der Waals surface area contributed by atoms with E-state index in [-0.39, 0.29) is 30.3 Å². The van der Waals surface area contributed by atoms with E-state index in [2.05, 4.69) is 0 Å². The van der Waals surface area contributed by atoms with Crippen LogP contribution in [0.15, 0.2) is 18.2 Å². The van der Waals surface area contributed by atoms with E-state index in [9.17, 15) is 9.59 Å². The van der Waals surface area contributed by atoms with Crippen LogP contribution in [0.4, 0.5) is 0 Å². The van der Waals surface area contributed by atoms with Gasteiger partial charge in [-0.15, -0.1) is 12.4 Å². The number of carbonyl (C=O) groups excluding carboxylic acids is 2. The summed E-state index contributed by atoms with van der Waals surface area (Å²) >= 11 is 12.2. The van der Waals surface area contributed by atoms with Crippen LogP contribution in [0.25, 0.3) is 0 Å². The number of rotatable bonds is 3. The summed E-state index contributed by atoms with van der Waals surface area (Å²) in [6.45, 7) is 3.86. The summed E-state index contributed by atoms with van der Waals surface area (Å²) in [4.78, 5) is 29.5. The molecule has 2 amide bonds. The molecule has 2 aliphatic rings. The second kappa shape index (κ2) is 8.79. The molecular formula is C18H24Cl3N3O2. The molecule has 1 aromatic carbocycles. The average molecular weight is 421 g/mol. The molecular weight excluding hydrogens is 397 g/mol. The molecule has 2 fully saturated rings. The van der Waals surface area contributed by atoms with Gasteiger partial charge in [0.15, 0.2) is 0 Å². The lowest BCUT2D eigenvalue weighted by molar-refractivity contribution is -0.135. The van der Waals surface area contributed by atoms with Gasteiger partial charge in [0.1, 0.15) is 6.04 Å². The molecule has 1 aromatic rings. The Labute approximate surface area is 170 Å². The van der Waals surface area contributed by atoms with E-state index in [1.54, 1.807) is 23.1 Å². The van der Waals surface area contributed by atoms with Gasteiger partial charge in [0, 0.05) is 24.2 Å². The molecule has 0 radical (unpaired) electrons. The van der Waals surface area contributed by atoms with Gasteiger partial charge < -0.3 is 15.5 Å². The molecule has 3 unspecified atom stereocenters. The number of amides is 2. The maximum absolute atomic E-state index is 13.0. The highest BCUT2D eigenvalue weighted by Gasteiger charge is 2.41. The minimum atomic E-state index is -0.429. The number of likely N-dealkylation sites (tertiary alicyclic amines) is 2. The lowest BCUT2D eigenvalue weighted by Crippen LogP contribution is -2.49. The second-order valence-corrected chi connectivity index (χ2v) is 7.80. The number of hydrogen-bond donors (Lipinski definition) is 1. The van der Waals surface area contributed by atoms with Gasteiger partial charge in [-0.3, -0.25) is 9.59 Å². The number of hydrogen-bond acceptors (Lipinski definition) is 3. The van der Waals surface area contributed by atoms with Crippen LogP contribution in [0.5, 0.6) is 0 Å². The van der Waals surface area contributed by atoms with Crippen LogP contribution in [-0.4, -0.2) is 53.3 Å². The largest absolute Gasteiger partial charge is 0.338 e. The second-order valence-electron chi connectivity index (χ2n) is 6.96. The smallest absolute Gasteiger partial charge is 0.256 e. The highest BCUT2D eigenvalue weighted by Crippen LogP contribution is 2.30. The maximum Gasteiger partial charge on any atom is 0.256 e. The minimum Gasteiger partial charge on any atom is -0.338 e. The Kier molecular flexibility index (Phi) is 7.19. The number of nitrogens with two attached hydrogens (primary N) is 1. The standard InChI is InChI=1S/C18H23Cl2N3O2.ClH/c1-11-7-12(9-21)10-23(11)18(25)16-3-2-6-22(16)17(24)14-8-13(19)4-5-15(14)20;/h4-5,8,11-12,16H,2-3,6-7,9-10,21H2,1H3;1H. The molecule has 0 aliphatic carbocycles. The van der Waals surface area contributed by atoms with Gasteiger partial charge in [0.25, 0.3) is 5.91 Å². The zero-order chi connectivity index (χ0) is 18.1. The lowest BCUT2D eigenvalue weighted by Gasteiger charge is -2.30. The van der Waals surface area contributed by atoms with E-state index in [1.165, 1.54) is 0 Å². The van der Waals surface area contributed by atoms with Crippen molar-refractivity contribution in [2.75, 3.05) is 19.6 Å². The Morgan fingerprint density at radius 2 is 2.00 bits per heavy atom. The summed E-state index contributed by atoms with van der Waals surface area (Å²) in [5, 5.41) is 0.805. The van der Waals surface area contributed by atoms with Crippen molar-refractivity contribution in [3.8, 4) is 0 Å². The Bertz CT molecular complexity index is 686. The monoisotopic (exact) mass is 419 g/mol. The van der Waals surface area contributed by atoms with Crippen molar-refractivity contribution in [1.82, 2.24) is 9.80 Å². The van der Waals surface area contributed by atoms with Crippen molar-refractivity contribution < 1.29 is 9.59 Å². The van der Waals surface area contributed by atoms with E-state index in [1.807, 2.05) is 11.8 Å². The van der Waals surface area contributed by atoms with Crippen molar-refractivity contribution in [3.05, 3.63) is 33.8 Å². The first-order chi connectivity index (χ1) is 11.9. The van der Waals surface area contributed by atoms with E-state index in [0.29, 0.717) is 47.6 Å². The van der Waals surface area contributed by atoms with E-state index in [0.717, 1.165) is 12.8 Å². The van der Waals surface area contributed by atoms with E-state index >= 15 is 0 Å². The zero-order valence-corrected chi connectivity index (χ0v) is 17.0. The average Bonchev–Trinajstić information content (AvgIpc) is 3.22. The van der Waals surface area contributed by atoms with Gasteiger partial charge in [-0.2, -0.15) is 0 Å². The number of benzene rings is 1. The fourth-order valence-corrected chi connectivity index (χ4v) is 4.26. The van der Waals surface area contributed by atoms with Gasteiger partial charge in [-0.25, -0.2) is 0 Å². The van der Waals surface area contributed by atoms with Gasteiger partial charge in [-0.05, 0) is 56.8 Å².